The van der Waals surface area contributed by atoms with Crippen LogP contribution in [-0.2, 0) is 0 Å². The van der Waals surface area contributed by atoms with Crippen LogP contribution in [0.15, 0.2) is 42.5 Å². The largest absolute Gasteiger partial charge is 0.369 e. The summed E-state index contributed by atoms with van der Waals surface area (Å²) < 4.78 is 1.69. The van der Waals surface area contributed by atoms with Gasteiger partial charge in [-0.05, 0) is 24.3 Å². The number of hydrogen-bond acceptors (Lipinski definition) is 4. The van der Waals surface area contributed by atoms with E-state index in [9.17, 15) is 5.26 Å². The Kier molecular flexibility index (Phi) is 2.60. The van der Waals surface area contributed by atoms with Crippen molar-refractivity contribution in [1.82, 2.24) is 9.55 Å². The molecule has 0 aliphatic rings. The highest BCUT2D eigenvalue weighted by atomic mass is 15.2. The minimum Gasteiger partial charge on any atom is -0.369 e. The number of hydrogen-bond donors (Lipinski definition) is 1. The Bertz CT molecular complexity index is 893. The molecule has 0 atom stereocenters. The zero-order chi connectivity index (χ0) is 14.1. The van der Waals surface area contributed by atoms with E-state index in [2.05, 4.69) is 17.1 Å². The highest BCUT2D eigenvalue weighted by Gasteiger charge is 2.14. The summed E-state index contributed by atoms with van der Waals surface area (Å²) >= 11 is 0. The van der Waals surface area contributed by atoms with Crippen molar-refractivity contribution in [2.75, 3.05) is 5.73 Å². The lowest BCUT2D eigenvalue weighted by Crippen LogP contribution is -2.02. The first kappa shape index (κ1) is 11.8. The third-order valence-corrected chi connectivity index (χ3v) is 3.10. The Labute approximate surface area is 115 Å². The van der Waals surface area contributed by atoms with Gasteiger partial charge in [0.05, 0.1) is 22.3 Å². The lowest BCUT2D eigenvalue weighted by molar-refractivity contribution is 1.10. The Balaban J connectivity index is 2.42. The van der Waals surface area contributed by atoms with Crippen LogP contribution in [0.25, 0.3) is 16.7 Å². The SMILES string of the molecule is N#Cc1ccccc1-n1c(N)nc2c(C#N)cccc21. The number of aromatic nitrogens is 2. The van der Waals surface area contributed by atoms with Gasteiger partial charge in [0.15, 0.2) is 0 Å². The number of anilines is 1. The Morgan fingerprint density at radius 2 is 1.65 bits per heavy atom. The molecule has 2 aromatic carbocycles. The monoisotopic (exact) mass is 259 g/mol. The fraction of sp³-hybridized carbons (Fsp3) is 0. The predicted octanol–water partition coefficient (Wildman–Crippen LogP) is 2.35. The third-order valence-electron chi connectivity index (χ3n) is 3.10. The summed E-state index contributed by atoms with van der Waals surface area (Å²) in [4.78, 5) is 4.24. The summed E-state index contributed by atoms with van der Waals surface area (Å²) in [6.45, 7) is 0. The van der Waals surface area contributed by atoms with Crippen LogP contribution in [0.2, 0.25) is 0 Å². The molecule has 0 bridgehead atoms. The Hall–Kier alpha value is -3.31. The first-order valence-corrected chi connectivity index (χ1v) is 5.93. The van der Waals surface area contributed by atoms with E-state index in [-0.39, 0.29) is 5.95 Å². The highest BCUT2D eigenvalue weighted by Crippen LogP contribution is 2.26. The fourth-order valence-corrected chi connectivity index (χ4v) is 2.22. The third kappa shape index (κ3) is 1.58. The molecular weight excluding hydrogens is 250 g/mol. The normalized spacial score (nSPS) is 10.1. The van der Waals surface area contributed by atoms with Crippen LogP contribution in [0, 0.1) is 22.7 Å². The number of nitrogens with two attached hydrogens (primary N) is 1. The molecule has 0 saturated carbocycles. The first-order chi connectivity index (χ1) is 9.76. The molecule has 20 heavy (non-hydrogen) atoms. The van der Waals surface area contributed by atoms with Gasteiger partial charge in [-0.25, -0.2) is 4.98 Å². The molecule has 1 aromatic heterocycles. The molecule has 5 heteroatoms. The average molecular weight is 259 g/mol. The molecule has 2 N–H and O–H groups in total. The smallest absolute Gasteiger partial charge is 0.206 e. The summed E-state index contributed by atoms with van der Waals surface area (Å²) in [6.07, 6.45) is 0. The quantitative estimate of drug-likeness (QED) is 0.726. The molecule has 3 rings (SSSR count). The van der Waals surface area contributed by atoms with Crippen LogP contribution >= 0.6 is 0 Å². The second-order valence-electron chi connectivity index (χ2n) is 4.22. The predicted molar refractivity (Wildman–Crippen MR) is 74.9 cm³/mol. The van der Waals surface area contributed by atoms with Crippen molar-refractivity contribution < 1.29 is 0 Å². The van der Waals surface area contributed by atoms with Gasteiger partial charge in [-0.1, -0.05) is 18.2 Å². The highest BCUT2D eigenvalue weighted by molar-refractivity contribution is 5.86. The maximum absolute atomic E-state index is 9.20. The van der Waals surface area contributed by atoms with Gasteiger partial charge in [-0.3, -0.25) is 4.57 Å². The molecule has 0 aliphatic heterocycles. The van der Waals surface area contributed by atoms with Gasteiger partial charge < -0.3 is 5.73 Å². The van der Waals surface area contributed by atoms with Crippen LogP contribution in [0.3, 0.4) is 0 Å². The van der Waals surface area contributed by atoms with Gasteiger partial charge >= 0.3 is 0 Å². The number of nitrogen functional groups attached to an aromatic ring is 1. The molecule has 94 valence electrons. The number of rotatable bonds is 1. The van der Waals surface area contributed by atoms with Crippen LogP contribution < -0.4 is 5.73 Å². The summed E-state index contributed by atoms with van der Waals surface area (Å²) in [7, 11) is 0. The van der Waals surface area contributed by atoms with E-state index in [1.165, 1.54) is 0 Å². The molecule has 1 heterocycles. The van der Waals surface area contributed by atoms with Crippen molar-refractivity contribution in [2.45, 2.75) is 0 Å². The summed E-state index contributed by atoms with van der Waals surface area (Å²) in [5.41, 5.74) is 8.84. The summed E-state index contributed by atoms with van der Waals surface area (Å²) in [5.74, 6) is 0.255. The van der Waals surface area contributed by atoms with Gasteiger partial charge in [-0.2, -0.15) is 10.5 Å². The van der Waals surface area contributed by atoms with Crippen LogP contribution in [0.1, 0.15) is 11.1 Å². The topological polar surface area (TPSA) is 91.4 Å². The molecule has 0 unspecified atom stereocenters. The van der Waals surface area contributed by atoms with Gasteiger partial charge in [0.1, 0.15) is 17.7 Å². The second kappa shape index (κ2) is 4.42. The van der Waals surface area contributed by atoms with Crippen molar-refractivity contribution in [3.8, 4) is 17.8 Å². The molecular formula is C15H9N5. The van der Waals surface area contributed by atoms with E-state index in [1.807, 2.05) is 12.1 Å². The number of nitriles is 2. The van der Waals surface area contributed by atoms with Gasteiger partial charge in [0.2, 0.25) is 5.95 Å². The number of para-hydroxylation sites is 2. The summed E-state index contributed by atoms with van der Waals surface area (Å²) in [5, 5.41) is 18.3. The number of benzene rings is 2. The minimum absolute atomic E-state index is 0.255. The number of imidazole rings is 1. The van der Waals surface area contributed by atoms with E-state index >= 15 is 0 Å². The van der Waals surface area contributed by atoms with Crippen LogP contribution in [0.4, 0.5) is 5.95 Å². The number of fused-ring (bicyclic) bond motifs is 1. The molecule has 0 radical (unpaired) electrons. The lowest BCUT2D eigenvalue weighted by Gasteiger charge is -2.08. The van der Waals surface area contributed by atoms with Crippen LogP contribution in [-0.4, -0.2) is 9.55 Å². The van der Waals surface area contributed by atoms with Gasteiger partial charge in [0, 0.05) is 0 Å². The van der Waals surface area contributed by atoms with E-state index in [0.717, 1.165) is 0 Å². The maximum Gasteiger partial charge on any atom is 0.206 e. The Morgan fingerprint density at radius 1 is 0.950 bits per heavy atom. The van der Waals surface area contributed by atoms with E-state index < -0.39 is 0 Å². The van der Waals surface area contributed by atoms with Gasteiger partial charge in [-0.15, -0.1) is 0 Å². The molecule has 0 spiro atoms. The molecule has 3 aromatic rings. The van der Waals surface area contributed by atoms with Crippen molar-refractivity contribution in [2.24, 2.45) is 0 Å². The minimum atomic E-state index is 0.255. The fourth-order valence-electron chi connectivity index (χ4n) is 2.22. The molecule has 0 amide bonds. The molecule has 0 fully saturated rings. The van der Waals surface area contributed by atoms with Crippen LogP contribution in [0.5, 0.6) is 0 Å². The second-order valence-corrected chi connectivity index (χ2v) is 4.22. The van der Waals surface area contributed by atoms with E-state index in [0.29, 0.717) is 27.8 Å². The molecule has 0 aliphatic carbocycles. The van der Waals surface area contributed by atoms with Crippen molar-refractivity contribution in [1.29, 1.82) is 10.5 Å². The average Bonchev–Trinajstić information content (AvgIpc) is 2.82. The maximum atomic E-state index is 9.20. The van der Waals surface area contributed by atoms with Crippen molar-refractivity contribution >= 4 is 17.0 Å². The standard InChI is InChI=1S/C15H9N5/c16-8-10-4-1-2-6-12(10)20-13-7-3-5-11(9-17)14(13)19-15(20)18/h1-7H,(H2,18,19). The molecule has 0 saturated heterocycles. The lowest BCUT2D eigenvalue weighted by atomic mass is 10.1. The van der Waals surface area contributed by atoms with E-state index in [1.54, 1.807) is 34.9 Å². The van der Waals surface area contributed by atoms with E-state index in [4.69, 9.17) is 11.0 Å². The number of nitrogens with zero attached hydrogens (tertiary/aromatic N) is 4. The van der Waals surface area contributed by atoms with Crippen molar-refractivity contribution in [3.05, 3.63) is 53.6 Å². The Morgan fingerprint density at radius 3 is 2.40 bits per heavy atom. The summed E-state index contributed by atoms with van der Waals surface area (Å²) in [6, 6.07) is 16.7. The zero-order valence-corrected chi connectivity index (χ0v) is 10.4. The molecule has 5 nitrogen and oxygen atoms in total. The van der Waals surface area contributed by atoms with Gasteiger partial charge in [0.25, 0.3) is 0 Å². The first-order valence-electron chi connectivity index (χ1n) is 5.93. The zero-order valence-electron chi connectivity index (χ0n) is 10.4. The van der Waals surface area contributed by atoms with Crippen molar-refractivity contribution in [3.63, 3.8) is 0 Å².